The molecule has 0 aromatic heterocycles. The van der Waals surface area contributed by atoms with E-state index in [1.54, 1.807) is 12.1 Å². The minimum absolute atomic E-state index is 0. The number of rotatable bonds is 2. The Morgan fingerprint density at radius 2 is 1.72 bits per heavy atom. The molecule has 2 nitrogen and oxygen atoms in total. The van der Waals surface area contributed by atoms with E-state index >= 15 is 0 Å². The van der Waals surface area contributed by atoms with Crippen molar-refractivity contribution in [3.63, 3.8) is 0 Å². The summed E-state index contributed by atoms with van der Waals surface area (Å²) < 4.78 is 22.5. The number of piperazine rings is 1. The lowest BCUT2D eigenvalue weighted by Gasteiger charge is -2.35. The van der Waals surface area contributed by atoms with Gasteiger partial charge in [0.2, 0.25) is 0 Å². The van der Waals surface area contributed by atoms with E-state index in [1.165, 1.54) is 6.07 Å². The Balaban J connectivity index is 0.000000917. The number of benzene rings is 1. The van der Waals surface area contributed by atoms with Crippen LogP contribution in [0.2, 0.25) is 0 Å². The van der Waals surface area contributed by atoms with E-state index in [0.717, 1.165) is 38.4 Å². The Bertz CT molecular complexity index is 323. The summed E-state index contributed by atoms with van der Waals surface area (Å²) >= 11 is 0. The Hall–Kier alpha value is -1.16. The van der Waals surface area contributed by atoms with Gasteiger partial charge in [-0.3, -0.25) is 4.39 Å². The van der Waals surface area contributed by atoms with Gasteiger partial charge in [-0.15, -0.1) is 0 Å². The molecule has 1 fully saturated rings. The molecule has 0 unspecified atom stereocenters. The van der Waals surface area contributed by atoms with Crippen LogP contribution in [0.5, 0.6) is 0 Å². The normalized spacial score (nSPS) is 15.4. The van der Waals surface area contributed by atoms with Gasteiger partial charge < -0.3 is 9.80 Å². The SMILES string of the molecule is C.CCN1CCN(c2cccc(F)c2)CC1.CF. The molecule has 0 atom stereocenters. The first kappa shape index (κ1) is 16.8. The number of hydrogen-bond donors (Lipinski definition) is 0. The molecule has 0 saturated carbocycles. The summed E-state index contributed by atoms with van der Waals surface area (Å²) in [7, 11) is 0.500. The zero-order valence-corrected chi connectivity index (χ0v) is 10.5. The van der Waals surface area contributed by atoms with Crippen LogP contribution in [-0.4, -0.2) is 44.8 Å². The van der Waals surface area contributed by atoms with Crippen molar-refractivity contribution >= 4 is 5.69 Å². The van der Waals surface area contributed by atoms with Crippen LogP contribution in [0, 0.1) is 5.82 Å². The molecule has 18 heavy (non-hydrogen) atoms. The molecule has 0 bridgehead atoms. The fourth-order valence-corrected chi connectivity index (χ4v) is 2.00. The lowest BCUT2D eigenvalue weighted by Crippen LogP contribution is -2.46. The molecule has 2 rings (SSSR count). The van der Waals surface area contributed by atoms with E-state index < -0.39 is 0 Å². The highest BCUT2D eigenvalue weighted by Crippen LogP contribution is 2.17. The molecule has 1 aliphatic rings. The van der Waals surface area contributed by atoms with E-state index in [2.05, 4.69) is 16.7 Å². The molecule has 0 amide bonds. The van der Waals surface area contributed by atoms with Gasteiger partial charge in [0, 0.05) is 31.9 Å². The van der Waals surface area contributed by atoms with E-state index in [9.17, 15) is 8.78 Å². The highest BCUT2D eigenvalue weighted by atomic mass is 19.1. The highest BCUT2D eigenvalue weighted by molar-refractivity contribution is 5.46. The van der Waals surface area contributed by atoms with Crippen molar-refractivity contribution in [2.45, 2.75) is 14.4 Å². The summed E-state index contributed by atoms with van der Waals surface area (Å²) in [5.41, 5.74) is 1.01. The molecule has 0 N–H and O–H groups in total. The number of halogens is 2. The first-order valence-corrected chi connectivity index (χ1v) is 5.90. The average Bonchev–Trinajstić information content (AvgIpc) is 2.41. The van der Waals surface area contributed by atoms with Gasteiger partial charge in [-0.2, -0.15) is 0 Å². The zero-order chi connectivity index (χ0) is 12.7. The number of nitrogens with zero attached hydrogens (tertiary/aromatic N) is 2. The van der Waals surface area contributed by atoms with Gasteiger partial charge in [0.15, 0.2) is 0 Å². The monoisotopic (exact) mass is 258 g/mol. The van der Waals surface area contributed by atoms with Gasteiger partial charge in [0.25, 0.3) is 0 Å². The van der Waals surface area contributed by atoms with Crippen molar-refractivity contribution in [3.05, 3.63) is 30.1 Å². The van der Waals surface area contributed by atoms with Crippen molar-refractivity contribution in [3.8, 4) is 0 Å². The van der Waals surface area contributed by atoms with Gasteiger partial charge in [-0.25, -0.2) is 4.39 Å². The molecule has 0 aliphatic carbocycles. The zero-order valence-electron chi connectivity index (χ0n) is 10.5. The van der Waals surface area contributed by atoms with Crippen molar-refractivity contribution in [2.24, 2.45) is 0 Å². The maximum Gasteiger partial charge on any atom is 0.125 e. The van der Waals surface area contributed by atoms with Crippen LogP contribution in [-0.2, 0) is 0 Å². The summed E-state index contributed by atoms with van der Waals surface area (Å²) in [6.07, 6.45) is 0. The third-order valence-electron chi connectivity index (χ3n) is 2.99. The van der Waals surface area contributed by atoms with E-state index in [4.69, 9.17) is 0 Å². The fourth-order valence-electron chi connectivity index (χ4n) is 2.00. The molecule has 0 spiro atoms. The summed E-state index contributed by atoms with van der Waals surface area (Å²) in [5.74, 6) is -0.148. The minimum Gasteiger partial charge on any atom is -0.369 e. The molecule has 104 valence electrons. The number of anilines is 1. The third-order valence-corrected chi connectivity index (χ3v) is 2.99. The Labute approximate surface area is 109 Å². The smallest absolute Gasteiger partial charge is 0.125 e. The second kappa shape index (κ2) is 8.86. The van der Waals surface area contributed by atoms with Crippen LogP contribution in [0.25, 0.3) is 0 Å². The van der Waals surface area contributed by atoms with Crippen LogP contribution >= 0.6 is 0 Å². The molecular formula is C14H24F2N2. The van der Waals surface area contributed by atoms with Crippen LogP contribution in [0.15, 0.2) is 24.3 Å². The highest BCUT2D eigenvalue weighted by Gasteiger charge is 2.15. The standard InChI is InChI=1S/C12H17FN2.CH3F.CH4/c1-2-14-6-8-15(9-7-14)12-5-3-4-11(13)10-12;1-2;/h3-5,10H,2,6-9H2,1H3;1H3;1H4. The maximum absolute atomic E-state index is 13.0. The lowest BCUT2D eigenvalue weighted by atomic mass is 10.2. The minimum atomic E-state index is -0.148. The van der Waals surface area contributed by atoms with Crippen LogP contribution in [0.3, 0.4) is 0 Å². The van der Waals surface area contributed by atoms with Gasteiger partial charge >= 0.3 is 0 Å². The Morgan fingerprint density at radius 3 is 2.22 bits per heavy atom. The topological polar surface area (TPSA) is 6.48 Å². The van der Waals surface area contributed by atoms with Crippen LogP contribution in [0.1, 0.15) is 14.4 Å². The molecule has 4 heteroatoms. The quantitative estimate of drug-likeness (QED) is 0.804. The average molecular weight is 258 g/mol. The number of likely N-dealkylation sites (N-methyl/N-ethyl adjacent to an activating group) is 1. The van der Waals surface area contributed by atoms with Crippen molar-refractivity contribution in [1.82, 2.24) is 4.90 Å². The predicted octanol–water partition coefficient (Wildman–Crippen LogP) is 3.19. The van der Waals surface area contributed by atoms with Gasteiger partial charge in [-0.05, 0) is 24.7 Å². The van der Waals surface area contributed by atoms with Gasteiger partial charge in [0.1, 0.15) is 5.82 Å². The van der Waals surface area contributed by atoms with Gasteiger partial charge in [0.05, 0.1) is 7.18 Å². The first-order chi connectivity index (χ1) is 8.29. The van der Waals surface area contributed by atoms with Crippen LogP contribution in [0.4, 0.5) is 14.5 Å². The fraction of sp³-hybridized carbons (Fsp3) is 0.571. The van der Waals surface area contributed by atoms with E-state index in [-0.39, 0.29) is 13.2 Å². The van der Waals surface area contributed by atoms with Crippen molar-refractivity contribution in [1.29, 1.82) is 0 Å². The summed E-state index contributed by atoms with van der Waals surface area (Å²) in [6, 6.07) is 6.86. The second-order valence-corrected chi connectivity index (χ2v) is 3.90. The molecular weight excluding hydrogens is 234 g/mol. The summed E-state index contributed by atoms with van der Waals surface area (Å²) in [4.78, 5) is 4.66. The molecule has 1 aliphatic heterocycles. The lowest BCUT2D eigenvalue weighted by molar-refractivity contribution is 0.271. The Morgan fingerprint density at radius 1 is 1.11 bits per heavy atom. The molecule has 1 aromatic rings. The van der Waals surface area contributed by atoms with E-state index in [1.807, 2.05) is 6.07 Å². The van der Waals surface area contributed by atoms with E-state index in [0.29, 0.717) is 7.18 Å². The largest absolute Gasteiger partial charge is 0.369 e. The predicted molar refractivity (Wildman–Crippen MR) is 74.5 cm³/mol. The summed E-state index contributed by atoms with van der Waals surface area (Å²) in [6.45, 7) is 7.43. The van der Waals surface area contributed by atoms with Crippen molar-refractivity contribution < 1.29 is 8.78 Å². The number of alkyl halides is 1. The second-order valence-electron chi connectivity index (χ2n) is 3.90. The molecule has 1 saturated heterocycles. The van der Waals surface area contributed by atoms with Crippen LogP contribution < -0.4 is 4.90 Å². The molecule has 1 heterocycles. The maximum atomic E-state index is 13.0. The summed E-state index contributed by atoms with van der Waals surface area (Å²) in [5, 5.41) is 0. The molecule has 0 radical (unpaired) electrons. The third kappa shape index (κ3) is 4.61. The van der Waals surface area contributed by atoms with Crippen molar-refractivity contribution in [2.75, 3.05) is 44.8 Å². The molecule has 1 aromatic carbocycles. The Kier molecular flexibility index (Phi) is 8.29. The number of hydrogen-bond acceptors (Lipinski definition) is 2. The van der Waals surface area contributed by atoms with Gasteiger partial charge in [-0.1, -0.05) is 20.4 Å². The first-order valence-electron chi connectivity index (χ1n) is 5.90.